The van der Waals surface area contributed by atoms with Gasteiger partial charge in [-0.05, 0) is 23.6 Å². The van der Waals surface area contributed by atoms with Crippen molar-refractivity contribution >= 4 is 23.5 Å². The van der Waals surface area contributed by atoms with Crippen LogP contribution in [0.3, 0.4) is 0 Å². The Labute approximate surface area is 187 Å². The van der Waals surface area contributed by atoms with Gasteiger partial charge < -0.3 is 16.0 Å². The molecule has 1 saturated heterocycles. The first-order valence-corrected chi connectivity index (χ1v) is 10.2. The number of nitrogens with zero attached hydrogens (tertiary/aromatic N) is 1. The molecule has 33 heavy (non-hydrogen) atoms. The van der Waals surface area contributed by atoms with Gasteiger partial charge in [0.2, 0.25) is 17.6 Å². The molecule has 10 heteroatoms. The molecule has 2 unspecified atom stereocenters. The molecule has 0 saturated carbocycles. The molecule has 3 N–H and O–H groups in total. The van der Waals surface area contributed by atoms with Crippen LogP contribution in [0.4, 0.5) is 13.2 Å². The molecule has 0 radical (unpaired) electrons. The van der Waals surface area contributed by atoms with E-state index in [1.807, 2.05) is 0 Å². The number of amides is 3. The highest BCUT2D eigenvalue weighted by atomic mass is 19.4. The van der Waals surface area contributed by atoms with Gasteiger partial charge in [0.25, 0.3) is 5.91 Å². The maximum Gasteiger partial charge on any atom is 0.416 e. The number of ketones is 1. The summed E-state index contributed by atoms with van der Waals surface area (Å²) in [5, 5.41) is 2.47. The number of nitrogens with one attached hydrogen (secondary N) is 1. The molecule has 0 spiro atoms. The van der Waals surface area contributed by atoms with E-state index in [1.165, 1.54) is 18.2 Å². The Bertz CT molecular complexity index is 1060. The number of halogens is 3. The van der Waals surface area contributed by atoms with Gasteiger partial charge in [0, 0.05) is 19.4 Å². The number of alkyl halides is 3. The number of hydrogen-bond donors (Lipinski definition) is 2. The average molecular weight is 461 g/mol. The Kier molecular flexibility index (Phi) is 7.15. The van der Waals surface area contributed by atoms with Gasteiger partial charge in [-0.1, -0.05) is 48.5 Å². The van der Waals surface area contributed by atoms with Gasteiger partial charge in [-0.2, -0.15) is 13.2 Å². The standard InChI is InChI=1S/C23H22F3N3O4/c24-23(25,26)16-9-5-4-8-15(16)13-29(22(33)17-10-11-19(30)28-17)18(20(31)21(27)32)12-14-6-2-1-3-7-14/h1-9,17-18H,10-13H2,(H2,27,32)(H,28,30). The Morgan fingerprint density at radius 2 is 1.70 bits per heavy atom. The van der Waals surface area contributed by atoms with E-state index in [9.17, 15) is 32.3 Å². The predicted molar refractivity (Wildman–Crippen MR) is 111 cm³/mol. The fraction of sp³-hybridized carbons (Fsp3) is 0.304. The Morgan fingerprint density at radius 1 is 1.06 bits per heavy atom. The fourth-order valence-electron chi connectivity index (χ4n) is 3.81. The van der Waals surface area contributed by atoms with Gasteiger partial charge in [0.1, 0.15) is 12.1 Å². The van der Waals surface area contributed by atoms with Crippen LogP contribution in [0.25, 0.3) is 0 Å². The van der Waals surface area contributed by atoms with E-state index in [-0.39, 0.29) is 30.7 Å². The third-order valence-corrected chi connectivity index (χ3v) is 5.43. The molecule has 3 amide bonds. The summed E-state index contributed by atoms with van der Waals surface area (Å²) in [6.07, 6.45) is -4.65. The van der Waals surface area contributed by atoms with E-state index in [1.54, 1.807) is 30.3 Å². The van der Waals surface area contributed by atoms with Gasteiger partial charge >= 0.3 is 6.18 Å². The van der Waals surface area contributed by atoms with Gasteiger partial charge in [0.15, 0.2) is 0 Å². The summed E-state index contributed by atoms with van der Waals surface area (Å²) in [6.45, 7) is -0.600. The Hall–Kier alpha value is -3.69. The molecule has 7 nitrogen and oxygen atoms in total. The molecule has 1 heterocycles. The van der Waals surface area contributed by atoms with E-state index in [0.717, 1.165) is 11.0 Å². The van der Waals surface area contributed by atoms with Crippen LogP contribution in [0, 0.1) is 0 Å². The van der Waals surface area contributed by atoms with Crippen molar-refractivity contribution in [3.8, 4) is 0 Å². The summed E-state index contributed by atoms with van der Waals surface area (Å²) in [5.41, 5.74) is 4.58. The lowest BCUT2D eigenvalue weighted by Crippen LogP contribution is -2.54. The predicted octanol–water partition coefficient (Wildman–Crippen LogP) is 1.98. The van der Waals surface area contributed by atoms with E-state index in [0.29, 0.717) is 5.56 Å². The largest absolute Gasteiger partial charge is 0.416 e. The second-order valence-corrected chi connectivity index (χ2v) is 7.71. The van der Waals surface area contributed by atoms with Crippen LogP contribution >= 0.6 is 0 Å². The van der Waals surface area contributed by atoms with Crippen LogP contribution in [0.15, 0.2) is 54.6 Å². The number of primary amides is 1. The molecule has 2 aromatic rings. The lowest BCUT2D eigenvalue weighted by atomic mass is 9.97. The number of Topliss-reactive ketones (excluding diaryl/α,β-unsaturated/α-hetero) is 1. The molecule has 0 aliphatic carbocycles. The maximum atomic E-state index is 13.6. The van der Waals surface area contributed by atoms with E-state index >= 15 is 0 Å². The van der Waals surface area contributed by atoms with Crippen molar-refractivity contribution in [2.75, 3.05) is 0 Å². The monoisotopic (exact) mass is 461 g/mol. The first-order chi connectivity index (χ1) is 15.6. The normalized spacial score (nSPS) is 16.7. The van der Waals surface area contributed by atoms with Crippen molar-refractivity contribution in [1.82, 2.24) is 10.2 Å². The minimum atomic E-state index is -4.70. The van der Waals surface area contributed by atoms with Crippen LogP contribution in [0.1, 0.15) is 29.5 Å². The molecule has 0 aromatic heterocycles. The fourth-order valence-corrected chi connectivity index (χ4v) is 3.81. The lowest BCUT2D eigenvalue weighted by molar-refractivity contribution is -0.147. The average Bonchev–Trinajstić information content (AvgIpc) is 3.21. The molecular formula is C23H22F3N3O4. The zero-order chi connectivity index (χ0) is 24.2. The minimum Gasteiger partial charge on any atom is -0.363 e. The second-order valence-electron chi connectivity index (χ2n) is 7.71. The maximum absolute atomic E-state index is 13.6. The third-order valence-electron chi connectivity index (χ3n) is 5.43. The van der Waals surface area contributed by atoms with Crippen molar-refractivity contribution in [3.05, 3.63) is 71.3 Å². The zero-order valence-corrected chi connectivity index (χ0v) is 17.5. The van der Waals surface area contributed by atoms with Gasteiger partial charge in [-0.25, -0.2) is 0 Å². The van der Waals surface area contributed by atoms with Crippen LogP contribution < -0.4 is 11.1 Å². The zero-order valence-electron chi connectivity index (χ0n) is 17.5. The Morgan fingerprint density at radius 3 is 2.27 bits per heavy atom. The van der Waals surface area contributed by atoms with Crippen molar-refractivity contribution in [1.29, 1.82) is 0 Å². The summed E-state index contributed by atoms with van der Waals surface area (Å²) in [4.78, 5) is 50.5. The summed E-state index contributed by atoms with van der Waals surface area (Å²) in [7, 11) is 0. The highest BCUT2D eigenvalue weighted by Crippen LogP contribution is 2.33. The molecule has 2 aromatic carbocycles. The summed E-state index contributed by atoms with van der Waals surface area (Å²) in [6, 6.07) is 10.6. The molecule has 2 atom stereocenters. The van der Waals surface area contributed by atoms with Crippen LogP contribution in [-0.4, -0.2) is 40.5 Å². The van der Waals surface area contributed by atoms with E-state index in [2.05, 4.69) is 5.32 Å². The lowest BCUT2D eigenvalue weighted by Gasteiger charge is -2.33. The van der Waals surface area contributed by atoms with Gasteiger partial charge in [0.05, 0.1) is 5.56 Å². The smallest absolute Gasteiger partial charge is 0.363 e. The summed E-state index contributed by atoms with van der Waals surface area (Å²) in [5.74, 6) is -3.56. The number of hydrogen-bond acceptors (Lipinski definition) is 4. The molecule has 1 aliphatic rings. The van der Waals surface area contributed by atoms with Gasteiger partial charge in [-0.15, -0.1) is 0 Å². The summed E-state index contributed by atoms with van der Waals surface area (Å²) >= 11 is 0. The summed E-state index contributed by atoms with van der Waals surface area (Å²) < 4.78 is 40.8. The molecule has 0 bridgehead atoms. The highest BCUT2D eigenvalue weighted by Gasteiger charge is 2.40. The number of rotatable bonds is 8. The molecule has 3 rings (SSSR count). The highest BCUT2D eigenvalue weighted by molar-refractivity contribution is 6.37. The second kappa shape index (κ2) is 9.85. The number of carbonyl (C=O) groups is 4. The third kappa shape index (κ3) is 5.76. The van der Waals surface area contributed by atoms with Crippen LogP contribution in [-0.2, 0) is 38.3 Å². The topological polar surface area (TPSA) is 110 Å². The van der Waals surface area contributed by atoms with Crippen molar-refractivity contribution in [2.45, 2.75) is 44.1 Å². The van der Waals surface area contributed by atoms with Crippen molar-refractivity contribution < 1.29 is 32.3 Å². The SMILES string of the molecule is NC(=O)C(=O)C(Cc1ccccc1)N(Cc1ccccc1C(F)(F)F)C(=O)C1CCC(=O)N1. The Balaban J connectivity index is 2.06. The first-order valence-electron chi connectivity index (χ1n) is 10.2. The number of carbonyl (C=O) groups excluding carboxylic acids is 4. The van der Waals surface area contributed by atoms with Crippen molar-refractivity contribution in [3.63, 3.8) is 0 Å². The van der Waals surface area contributed by atoms with Crippen LogP contribution in [0.5, 0.6) is 0 Å². The van der Waals surface area contributed by atoms with Gasteiger partial charge in [-0.3, -0.25) is 19.2 Å². The van der Waals surface area contributed by atoms with E-state index < -0.39 is 48.0 Å². The van der Waals surface area contributed by atoms with Crippen molar-refractivity contribution in [2.24, 2.45) is 5.73 Å². The molecule has 1 fully saturated rings. The van der Waals surface area contributed by atoms with Crippen LogP contribution in [0.2, 0.25) is 0 Å². The number of benzene rings is 2. The van der Waals surface area contributed by atoms with E-state index in [4.69, 9.17) is 5.73 Å². The number of nitrogens with two attached hydrogens (primary N) is 1. The quantitative estimate of drug-likeness (QED) is 0.586. The minimum absolute atomic E-state index is 0.0660. The molecule has 174 valence electrons. The molecular weight excluding hydrogens is 439 g/mol. The molecule has 1 aliphatic heterocycles. The first kappa shape index (κ1) is 24.0.